The monoisotopic (exact) mass is 318 g/mol. The van der Waals surface area contributed by atoms with Gasteiger partial charge in [0, 0.05) is 5.92 Å². The second kappa shape index (κ2) is 7.88. The Hall–Kier alpha value is -1.46. The Balaban J connectivity index is 2.16. The van der Waals surface area contributed by atoms with Gasteiger partial charge in [0.2, 0.25) is 0 Å². The fraction of sp³-hybridized carbons (Fsp3) is 0.474. The van der Waals surface area contributed by atoms with Crippen molar-refractivity contribution in [3.8, 4) is 0 Å². The normalized spacial score (nSPS) is 25.7. The van der Waals surface area contributed by atoms with Crippen molar-refractivity contribution in [1.29, 1.82) is 0 Å². The molecule has 1 aromatic rings. The predicted molar refractivity (Wildman–Crippen MR) is 89.8 cm³/mol. The third-order valence-corrected chi connectivity index (χ3v) is 3.94. The first kappa shape index (κ1) is 17.9. The molecule has 2 rings (SSSR count). The van der Waals surface area contributed by atoms with Crippen LogP contribution in [-0.4, -0.2) is 35.8 Å². The van der Waals surface area contributed by atoms with Crippen LogP contribution in [-0.2, 0) is 20.8 Å². The number of hydrogen-bond acceptors (Lipinski definition) is 4. The molecular weight excluding hydrogens is 292 g/mol. The topological polar surface area (TPSA) is 47.9 Å². The van der Waals surface area contributed by atoms with Gasteiger partial charge in [0.1, 0.15) is 12.2 Å². The van der Waals surface area contributed by atoms with E-state index in [9.17, 15) is 5.11 Å². The Bertz CT molecular complexity index is 511. The van der Waals surface area contributed by atoms with Gasteiger partial charge in [-0.1, -0.05) is 42.5 Å². The summed E-state index contributed by atoms with van der Waals surface area (Å²) >= 11 is 0. The Labute approximate surface area is 138 Å². The van der Waals surface area contributed by atoms with Gasteiger partial charge in [0.15, 0.2) is 5.79 Å². The van der Waals surface area contributed by atoms with Crippen LogP contribution in [0.25, 0.3) is 0 Å². The largest absolute Gasteiger partial charge is 0.396 e. The van der Waals surface area contributed by atoms with Gasteiger partial charge in [-0.15, -0.1) is 13.2 Å². The third kappa shape index (κ3) is 4.52. The first-order valence-corrected chi connectivity index (χ1v) is 7.88. The zero-order valence-corrected chi connectivity index (χ0v) is 13.9. The third-order valence-electron chi connectivity index (χ3n) is 3.94. The van der Waals surface area contributed by atoms with Crippen molar-refractivity contribution in [1.82, 2.24) is 0 Å². The lowest BCUT2D eigenvalue weighted by molar-refractivity contribution is -0.164. The lowest BCUT2D eigenvalue weighted by atomic mass is 9.95. The molecule has 1 aliphatic heterocycles. The quantitative estimate of drug-likeness (QED) is 0.748. The zero-order valence-electron chi connectivity index (χ0n) is 13.9. The van der Waals surface area contributed by atoms with E-state index in [4.69, 9.17) is 14.2 Å². The van der Waals surface area contributed by atoms with Gasteiger partial charge in [0.25, 0.3) is 0 Å². The highest BCUT2D eigenvalue weighted by Gasteiger charge is 2.46. The molecule has 4 heteroatoms. The number of aliphatic hydroxyl groups is 1. The summed E-state index contributed by atoms with van der Waals surface area (Å²) in [5.41, 5.74) is 1.06. The van der Waals surface area contributed by atoms with Gasteiger partial charge >= 0.3 is 0 Å². The molecule has 0 bridgehead atoms. The van der Waals surface area contributed by atoms with Gasteiger partial charge in [-0.3, -0.25) is 0 Å². The van der Waals surface area contributed by atoms with E-state index in [1.54, 1.807) is 12.2 Å². The molecule has 4 atom stereocenters. The maximum atomic E-state index is 9.67. The SMILES string of the molecule is C=C[C@H](CO)[C@H](OCc1ccccc1)[C@H]1OC(C)(C)O[C@H]1C=C. The first-order valence-electron chi connectivity index (χ1n) is 7.88. The van der Waals surface area contributed by atoms with Crippen LogP contribution in [0.3, 0.4) is 0 Å². The van der Waals surface area contributed by atoms with Crippen LogP contribution < -0.4 is 0 Å². The maximum absolute atomic E-state index is 9.67. The Kier molecular flexibility index (Phi) is 6.13. The van der Waals surface area contributed by atoms with E-state index in [1.165, 1.54) is 0 Å². The number of aliphatic hydroxyl groups excluding tert-OH is 1. The Morgan fingerprint density at radius 1 is 1.26 bits per heavy atom. The molecular formula is C19H26O4. The summed E-state index contributed by atoms with van der Waals surface area (Å²) in [5.74, 6) is -0.956. The van der Waals surface area contributed by atoms with Crippen molar-refractivity contribution in [2.24, 2.45) is 5.92 Å². The van der Waals surface area contributed by atoms with Crippen molar-refractivity contribution in [2.75, 3.05) is 6.61 Å². The van der Waals surface area contributed by atoms with Gasteiger partial charge in [-0.2, -0.15) is 0 Å². The Morgan fingerprint density at radius 3 is 2.52 bits per heavy atom. The van der Waals surface area contributed by atoms with Crippen molar-refractivity contribution < 1.29 is 19.3 Å². The molecule has 0 amide bonds. The van der Waals surface area contributed by atoms with Crippen LogP contribution >= 0.6 is 0 Å². The summed E-state index contributed by atoms with van der Waals surface area (Å²) in [6, 6.07) is 9.90. The molecule has 1 aromatic carbocycles. The van der Waals surface area contributed by atoms with Crippen LogP contribution in [0, 0.1) is 5.92 Å². The molecule has 1 fully saturated rings. The van der Waals surface area contributed by atoms with E-state index in [1.807, 2.05) is 44.2 Å². The van der Waals surface area contributed by atoms with Gasteiger partial charge in [0.05, 0.1) is 19.3 Å². The van der Waals surface area contributed by atoms with E-state index < -0.39 is 5.79 Å². The zero-order chi connectivity index (χ0) is 16.9. The second-order valence-electron chi connectivity index (χ2n) is 6.14. The number of benzene rings is 1. The van der Waals surface area contributed by atoms with Gasteiger partial charge in [-0.05, 0) is 19.4 Å². The van der Waals surface area contributed by atoms with Gasteiger partial charge < -0.3 is 19.3 Å². The number of rotatable bonds is 8. The average Bonchev–Trinajstić information content (AvgIpc) is 2.87. The predicted octanol–water partition coefficient (Wildman–Crippen LogP) is 3.07. The van der Waals surface area contributed by atoms with Crippen LogP contribution in [0.5, 0.6) is 0 Å². The molecule has 1 aliphatic rings. The number of hydrogen-bond donors (Lipinski definition) is 1. The molecule has 0 radical (unpaired) electrons. The number of ether oxygens (including phenoxy) is 3. The van der Waals surface area contributed by atoms with E-state index in [0.29, 0.717) is 6.61 Å². The van der Waals surface area contributed by atoms with E-state index in [-0.39, 0.29) is 30.8 Å². The van der Waals surface area contributed by atoms with Crippen LogP contribution in [0.15, 0.2) is 55.6 Å². The molecule has 0 spiro atoms. The van der Waals surface area contributed by atoms with Crippen molar-refractivity contribution in [3.05, 3.63) is 61.2 Å². The van der Waals surface area contributed by atoms with Gasteiger partial charge in [-0.25, -0.2) is 0 Å². The Morgan fingerprint density at radius 2 is 1.96 bits per heavy atom. The molecule has 4 nitrogen and oxygen atoms in total. The highest BCUT2D eigenvalue weighted by molar-refractivity contribution is 5.13. The molecule has 0 saturated carbocycles. The summed E-state index contributed by atoms with van der Waals surface area (Å²) < 4.78 is 18.0. The second-order valence-corrected chi connectivity index (χ2v) is 6.14. The molecule has 1 heterocycles. The van der Waals surface area contributed by atoms with E-state index in [2.05, 4.69) is 13.2 Å². The molecule has 0 unspecified atom stereocenters. The van der Waals surface area contributed by atoms with E-state index >= 15 is 0 Å². The highest BCUT2D eigenvalue weighted by Crippen LogP contribution is 2.34. The van der Waals surface area contributed by atoms with Crippen LogP contribution in [0.4, 0.5) is 0 Å². The maximum Gasteiger partial charge on any atom is 0.164 e. The first-order chi connectivity index (χ1) is 11.0. The molecule has 0 aromatic heterocycles. The molecule has 1 N–H and O–H groups in total. The lowest BCUT2D eigenvalue weighted by Crippen LogP contribution is -2.42. The minimum Gasteiger partial charge on any atom is -0.396 e. The van der Waals surface area contributed by atoms with Crippen LogP contribution in [0.1, 0.15) is 19.4 Å². The summed E-state index contributed by atoms with van der Waals surface area (Å²) in [6.45, 7) is 11.7. The average molecular weight is 318 g/mol. The minimum absolute atomic E-state index is 0.0624. The van der Waals surface area contributed by atoms with Crippen molar-refractivity contribution in [2.45, 2.75) is 44.6 Å². The smallest absolute Gasteiger partial charge is 0.164 e. The highest BCUT2D eigenvalue weighted by atomic mass is 16.8. The molecule has 23 heavy (non-hydrogen) atoms. The summed E-state index contributed by atoms with van der Waals surface area (Å²) in [4.78, 5) is 0. The minimum atomic E-state index is -0.709. The molecule has 1 saturated heterocycles. The van der Waals surface area contributed by atoms with Crippen molar-refractivity contribution >= 4 is 0 Å². The molecule has 126 valence electrons. The fourth-order valence-corrected chi connectivity index (χ4v) is 2.79. The summed E-state index contributed by atoms with van der Waals surface area (Å²) in [6.07, 6.45) is 2.41. The fourth-order valence-electron chi connectivity index (χ4n) is 2.79. The lowest BCUT2D eigenvalue weighted by Gasteiger charge is -2.30. The summed E-state index contributed by atoms with van der Waals surface area (Å²) in [5, 5.41) is 9.67. The molecule has 0 aliphatic carbocycles. The summed E-state index contributed by atoms with van der Waals surface area (Å²) in [7, 11) is 0. The van der Waals surface area contributed by atoms with Crippen molar-refractivity contribution in [3.63, 3.8) is 0 Å². The standard InChI is InChI=1S/C19H26O4/c1-5-15(12-20)17(21-13-14-10-8-7-9-11-14)18-16(6-2)22-19(3,4)23-18/h5-11,15-18,20H,1-2,12-13H2,3-4H3/t15-,16+,17+,18+/m1/s1. The van der Waals surface area contributed by atoms with Crippen LogP contribution in [0.2, 0.25) is 0 Å². The van der Waals surface area contributed by atoms with E-state index in [0.717, 1.165) is 5.56 Å².